The standard InChI is InChI=1S/C18H27N3/c1-14-8-9-15(2)17(11-14)21-13-16(12-20-21)7-6-10-19-18(3,4)5/h8-9,11-13,19H,6-7,10H2,1-5H3. The molecule has 1 aromatic heterocycles. The molecule has 0 radical (unpaired) electrons. The zero-order chi connectivity index (χ0) is 15.5. The van der Waals surface area contributed by atoms with Crippen LogP contribution in [0.15, 0.2) is 30.6 Å². The van der Waals surface area contributed by atoms with Crippen molar-refractivity contribution in [2.75, 3.05) is 6.54 Å². The third-order valence-electron chi connectivity index (χ3n) is 3.55. The lowest BCUT2D eigenvalue weighted by Crippen LogP contribution is -2.36. The van der Waals surface area contributed by atoms with E-state index in [-0.39, 0.29) is 5.54 Å². The van der Waals surface area contributed by atoms with E-state index < -0.39 is 0 Å². The van der Waals surface area contributed by atoms with Gasteiger partial charge in [0.05, 0.1) is 11.9 Å². The molecule has 0 bridgehead atoms. The molecule has 0 fully saturated rings. The third-order valence-corrected chi connectivity index (χ3v) is 3.55. The van der Waals surface area contributed by atoms with E-state index in [1.54, 1.807) is 0 Å². The number of aromatic nitrogens is 2. The fraction of sp³-hybridized carbons (Fsp3) is 0.500. The van der Waals surface area contributed by atoms with Crippen molar-refractivity contribution in [1.29, 1.82) is 0 Å². The highest BCUT2D eigenvalue weighted by molar-refractivity contribution is 5.42. The summed E-state index contributed by atoms with van der Waals surface area (Å²) in [4.78, 5) is 0. The highest BCUT2D eigenvalue weighted by Crippen LogP contribution is 2.16. The largest absolute Gasteiger partial charge is 0.312 e. The molecule has 1 aromatic carbocycles. The SMILES string of the molecule is Cc1ccc(C)c(-n2cc(CCCNC(C)(C)C)cn2)c1. The maximum Gasteiger partial charge on any atom is 0.0677 e. The molecule has 0 aliphatic rings. The molecule has 3 heteroatoms. The molecule has 0 saturated heterocycles. The second kappa shape index (κ2) is 6.44. The fourth-order valence-electron chi connectivity index (χ4n) is 2.34. The Hall–Kier alpha value is -1.61. The van der Waals surface area contributed by atoms with Crippen LogP contribution in [0.25, 0.3) is 5.69 Å². The molecule has 1 heterocycles. The minimum atomic E-state index is 0.197. The lowest BCUT2D eigenvalue weighted by atomic mass is 10.1. The van der Waals surface area contributed by atoms with Crippen LogP contribution in [-0.4, -0.2) is 21.9 Å². The van der Waals surface area contributed by atoms with Gasteiger partial charge in [-0.15, -0.1) is 0 Å². The van der Waals surface area contributed by atoms with Crippen LogP contribution in [0, 0.1) is 13.8 Å². The van der Waals surface area contributed by atoms with Crippen LogP contribution < -0.4 is 5.32 Å². The minimum Gasteiger partial charge on any atom is -0.312 e. The van der Waals surface area contributed by atoms with Gasteiger partial charge in [0, 0.05) is 11.7 Å². The molecular formula is C18H27N3. The molecule has 0 atom stereocenters. The topological polar surface area (TPSA) is 29.9 Å². The van der Waals surface area contributed by atoms with Crippen LogP contribution in [0.2, 0.25) is 0 Å². The molecular weight excluding hydrogens is 258 g/mol. The summed E-state index contributed by atoms with van der Waals surface area (Å²) in [5.74, 6) is 0. The van der Waals surface area contributed by atoms with Crippen molar-refractivity contribution in [3.63, 3.8) is 0 Å². The number of aryl methyl sites for hydroxylation is 3. The summed E-state index contributed by atoms with van der Waals surface area (Å²) in [5, 5.41) is 8.03. The van der Waals surface area contributed by atoms with Gasteiger partial charge in [0.15, 0.2) is 0 Å². The summed E-state index contributed by atoms with van der Waals surface area (Å²) in [7, 11) is 0. The Balaban J connectivity index is 1.97. The van der Waals surface area contributed by atoms with Crippen molar-refractivity contribution in [3.05, 3.63) is 47.3 Å². The Morgan fingerprint density at radius 1 is 1.19 bits per heavy atom. The summed E-state index contributed by atoms with van der Waals surface area (Å²) in [5.41, 5.74) is 5.19. The van der Waals surface area contributed by atoms with Gasteiger partial charge in [-0.3, -0.25) is 0 Å². The number of nitrogens with zero attached hydrogens (tertiary/aromatic N) is 2. The van der Waals surface area contributed by atoms with Crippen molar-refractivity contribution < 1.29 is 0 Å². The second-order valence-corrected chi connectivity index (χ2v) is 6.86. The second-order valence-electron chi connectivity index (χ2n) is 6.86. The quantitative estimate of drug-likeness (QED) is 0.847. The van der Waals surface area contributed by atoms with Crippen molar-refractivity contribution in [3.8, 4) is 5.69 Å². The molecule has 114 valence electrons. The zero-order valence-electron chi connectivity index (χ0n) is 13.9. The minimum absolute atomic E-state index is 0.197. The van der Waals surface area contributed by atoms with E-state index >= 15 is 0 Å². The van der Waals surface area contributed by atoms with Gasteiger partial charge in [0.1, 0.15) is 0 Å². The monoisotopic (exact) mass is 285 g/mol. The summed E-state index contributed by atoms with van der Waals surface area (Å²) < 4.78 is 1.99. The van der Waals surface area contributed by atoms with Crippen molar-refractivity contribution in [2.45, 2.75) is 53.0 Å². The molecule has 0 unspecified atom stereocenters. The van der Waals surface area contributed by atoms with Gasteiger partial charge >= 0.3 is 0 Å². The molecule has 21 heavy (non-hydrogen) atoms. The normalized spacial score (nSPS) is 11.9. The molecule has 0 aliphatic carbocycles. The lowest BCUT2D eigenvalue weighted by molar-refractivity contribution is 0.422. The first-order valence-corrected chi connectivity index (χ1v) is 7.71. The molecule has 0 amide bonds. The summed E-state index contributed by atoms with van der Waals surface area (Å²) in [6.07, 6.45) is 6.33. The third kappa shape index (κ3) is 4.71. The Labute approximate surface area is 128 Å². The first kappa shape index (κ1) is 15.8. The smallest absolute Gasteiger partial charge is 0.0677 e. The van der Waals surface area contributed by atoms with E-state index in [9.17, 15) is 0 Å². The molecule has 0 spiro atoms. The van der Waals surface area contributed by atoms with Crippen LogP contribution in [0.5, 0.6) is 0 Å². The number of rotatable bonds is 5. The van der Waals surface area contributed by atoms with Gasteiger partial charge in [0.25, 0.3) is 0 Å². The van der Waals surface area contributed by atoms with Crippen LogP contribution in [0.4, 0.5) is 0 Å². The zero-order valence-corrected chi connectivity index (χ0v) is 13.9. The van der Waals surface area contributed by atoms with E-state index in [1.807, 2.05) is 10.9 Å². The molecule has 3 nitrogen and oxygen atoms in total. The van der Waals surface area contributed by atoms with Crippen molar-refractivity contribution in [1.82, 2.24) is 15.1 Å². The van der Waals surface area contributed by atoms with Gasteiger partial charge in [-0.05, 0) is 76.8 Å². The van der Waals surface area contributed by atoms with E-state index in [4.69, 9.17) is 0 Å². The molecule has 1 N–H and O–H groups in total. The van der Waals surface area contributed by atoms with Crippen molar-refractivity contribution in [2.24, 2.45) is 0 Å². The molecule has 0 aliphatic heterocycles. The Morgan fingerprint density at radius 2 is 1.95 bits per heavy atom. The number of hydrogen-bond acceptors (Lipinski definition) is 2. The number of benzene rings is 1. The van der Waals surface area contributed by atoms with E-state index in [1.165, 1.54) is 22.4 Å². The maximum atomic E-state index is 4.51. The van der Waals surface area contributed by atoms with Crippen LogP contribution >= 0.6 is 0 Å². The van der Waals surface area contributed by atoms with E-state index in [0.29, 0.717) is 0 Å². The summed E-state index contributed by atoms with van der Waals surface area (Å²) >= 11 is 0. The summed E-state index contributed by atoms with van der Waals surface area (Å²) in [6, 6.07) is 6.48. The van der Waals surface area contributed by atoms with Crippen LogP contribution in [-0.2, 0) is 6.42 Å². The Bertz CT molecular complexity index is 591. The fourth-order valence-corrected chi connectivity index (χ4v) is 2.34. The first-order chi connectivity index (χ1) is 9.85. The maximum absolute atomic E-state index is 4.51. The average Bonchev–Trinajstić information content (AvgIpc) is 2.85. The Kier molecular flexibility index (Phi) is 4.84. The van der Waals surface area contributed by atoms with Gasteiger partial charge in [0.2, 0.25) is 0 Å². The highest BCUT2D eigenvalue weighted by Gasteiger charge is 2.08. The van der Waals surface area contributed by atoms with Crippen LogP contribution in [0.1, 0.15) is 43.9 Å². The first-order valence-electron chi connectivity index (χ1n) is 7.71. The molecule has 2 aromatic rings. The number of nitrogens with one attached hydrogen (secondary N) is 1. The van der Waals surface area contributed by atoms with E-state index in [0.717, 1.165) is 19.4 Å². The average molecular weight is 285 g/mol. The van der Waals surface area contributed by atoms with Gasteiger partial charge in [-0.2, -0.15) is 5.10 Å². The molecule has 0 saturated carbocycles. The van der Waals surface area contributed by atoms with Gasteiger partial charge in [-0.1, -0.05) is 12.1 Å². The predicted molar refractivity (Wildman–Crippen MR) is 89.1 cm³/mol. The van der Waals surface area contributed by atoms with Crippen molar-refractivity contribution >= 4 is 0 Å². The number of hydrogen-bond donors (Lipinski definition) is 1. The van der Waals surface area contributed by atoms with Crippen LogP contribution in [0.3, 0.4) is 0 Å². The highest BCUT2D eigenvalue weighted by atomic mass is 15.3. The van der Waals surface area contributed by atoms with E-state index in [2.05, 4.69) is 69.4 Å². The van der Waals surface area contributed by atoms with Gasteiger partial charge < -0.3 is 5.32 Å². The summed E-state index contributed by atoms with van der Waals surface area (Å²) in [6.45, 7) is 11.9. The Morgan fingerprint density at radius 3 is 2.67 bits per heavy atom. The predicted octanol–water partition coefficient (Wildman–Crippen LogP) is 3.81. The van der Waals surface area contributed by atoms with Gasteiger partial charge in [-0.25, -0.2) is 4.68 Å². The molecule has 2 rings (SSSR count). The lowest BCUT2D eigenvalue weighted by Gasteiger charge is -2.20.